The Labute approximate surface area is 98.9 Å². The summed E-state index contributed by atoms with van der Waals surface area (Å²) in [6.45, 7) is 0.935. The number of nitrogens with zero attached hydrogens (tertiary/aromatic N) is 3. The molecule has 86 valence electrons. The molecule has 4 heteroatoms. The molecule has 0 saturated heterocycles. The summed E-state index contributed by atoms with van der Waals surface area (Å²) in [7, 11) is 2.03. The molecule has 2 aromatic rings. The van der Waals surface area contributed by atoms with Gasteiger partial charge in [0.15, 0.2) is 0 Å². The molecule has 3 nitrogen and oxygen atoms in total. The third-order valence-corrected chi connectivity index (χ3v) is 3.22. The van der Waals surface area contributed by atoms with Gasteiger partial charge in [0.05, 0.1) is 12.4 Å². The molecular formula is C13H12FN3. The number of halogens is 1. The molecule has 1 aromatic carbocycles. The lowest BCUT2D eigenvalue weighted by Crippen LogP contribution is -2.12. The molecule has 0 unspecified atom stereocenters. The number of likely N-dealkylation sites (N-methyl/N-ethyl adjacent to an activating group) is 1. The minimum absolute atomic E-state index is 0.188. The second-order valence-corrected chi connectivity index (χ2v) is 4.22. The third-order valence-electron chi connectivity index (χ3n) is 3.22. The van der Waals surface area contributed by atoms with Crippen LogP contribution in [-0.2, 0) is 6.42 Å². The molecule has 2 heterocycles. The summed E-state index contributed by atoms with van der Waals surface area (Å²) in [5.74, 6) is -0.188. The van der Waals surface area contributed by atoms with Crippen LogP contribution in [0.3, 0.4) is 0 Å². The summed E-state index contributed by atoms with van der Waals surface area (Å²) in [6.07, 6.45) is 4.07. The molecule has 0 fully saturated rings. The molecule has 3 rings (SSSR count). The first-order chi connectivity index (χ1) is 8.27. The van der Waals surface area contributed by atoms with Gasteiger partial charge >= 0.3 is 0 Å². The van der Waals surface area contributed by atoms with E-state index in [1.54, 1.807) is 18.5 Å². The Morgan fingerprint density at radius 3 is 2.88 bits per heavy atom. The minimum Gasteiger partial charge on any atom is -0.374 e. The fourth-order valence-corrected chi connectivity index (χ4v) is 2.37. The number of rotatable bonds is 1. The molecule has 1 aliphatic rings. The molecule has 0 spiro atoms. The predicted octanol–water partition coefficient (Wildman–Crippen LogP) is 2.28. The van der Waals surface area contributed by atoms with Gasteiger partial charge in [0, 0.05) is 30.4 Å². The summed E-state index contributed by atoms with van der Waals surface area (Å²) in [5.41, 5.74) is 3.64. The lowest BCUT2D eigenvalue weighted by atomic mass is 9.99. The zero-order valence-corrected chi connectivity index (χ0v) is 9.52. The van der Waals surface area contributed by atoms with E-state index in [-0.39, 0.29) is 5.82 Å². The summed E-state index contributed by atoms with van der Waals surface area (Å²) in [4.78, 5) is 2.15. The van der Waals surface area contributed by atoms with Crippen molar-refractivity contribution < 1.29 is 4.39 Å². The number of hydrogen-bond acceptors (Lipinski definition) is 3. The van der Waals surface area contributed by atoms with Crippen molar-refractivity contribution in [3.63, 3.8) is 0 Å². The van der Waals surface area contributed by atoms with Crippen LogP contribution < -0.4 is 4.90 Å². The Morgan fingerprint density at radius 2 is 2.12 bits per heavy atom. The van der Waals surface area contributed by atoms with Crippen LogP contribution in [-0.4, -0.2) is 23.8 Å². The van der Waals surface area contributed by atoms with E-state index >= 15 is 0 Å². The van der Waals surface area contributed by atoms with Gasteiger partial charge in [-0.3, -0.25) is 0 Å². The normalized spacial score (nSPS) is 13.9. The number of hydrogen-bond donors (Lipinski definition) is 0. The molecule has 0 saturated carbocycles. The van der Waals surface area contributed by atoms with Gasteiger partial charge in [0.25, 0.3) is 0 Å². The van der Waals surface area contributed by atoms with Crippen molar-refractivity contribution >= 4 is 5.69 Å². The van der Waals surface area contributed by atoms with Crippen molar-refractivity contribution in [3.8, 4) is 11.1 Å². The first kappa shape index (κ1) is 10.2. The van der Waals surface area contributed by atoms with Crippen LogP contribution in [0.2, 0.25) is 0 Å². The maximum Gasteiger partial charge on any atom is 0.131 e. The van der Waals surface area contributed by atoms with Crippen LogP contribution in [0.25, 0.3) is 11.1 Å². The van der Waals surface area contributed by atoms with E-state index in [4.69, 9.17) is 0 Å². The van der Waals surface area contributed by atoms with Crippen molar-refractivity contribution in [2.45, 2.75) is 6.42 Å². The number of benzene rings is 1. The van der Waals surface area contributed by atoms with Gasteiger partial charge in [-0.2, -0.15) is 10.2 Å². The highest BCUT2D eigenvalue weighted by Crippen LogP contribution is 2.36. The second-order valence-electron chi connectivity index (χ2n) is 4.22. The Morgan fingerprint density at radius 1 is 1.24 bits per heavy atom. The number of aromatic nitrogens is 2. The summed E-state index contributed by atoms with van der Waals surface area (Å²) in [5, 5.41) is 7.54. The van der Waals surface area contributed by atoms with E-state index in [1.165, 1.54) is 6.07 Å². The molecule has 1 aliphatic heterocycles. The van der Waals surface area contributed by atoms with Gasteiger partial charge in [-0.05, 0) is 30.2 Å². The van der Waals surface area contributed by atoms with E-state index in [0.29, 0.717) is 5.56 Å². The lowest BCUT2D eigenvalue weighted by molar-refractivity contribution is 0.630. The van der Waals surface area contributed by atoms with Gasteiger partial charge in [-0.25, -0.2) is 4.39 Å². The fraction of sp³-hybridized carbons (Fsp3) is 0.231. The monoisotopic (exact) mass is 229 g/mol. The lowest BCUT2D eigenvalue weighted by Gasteiger charge is -2.13. The number of anilines is 1. The molecule has 0 amide bonds. The van der Waals surface area contributed by atoms with Crippen molar-refractivity contribution in [2.75, 3.05) is 18.5 Å². The van der Waals surface area contributed by atoms with Crippen LogP contribution >= 0.6 is 0 Å². The first-order valence-corrected chi connectivity index (χ1v) is 5.57. The molecule has 0 atom stereocenters. The van der Waals surface area contributed by atoms with E-state index in [0.717, 1.165) is 29.8 Å². The summed E-state index contributed by atoms with van der Waals surface area (Å²) < 4.78 is 14.0. The molecule has 1 aromatic heterocycles. The largest absolute Gasteiger partial charge is 0.374 e. The van der Waals surface area contributed by atoms with Gasteiger partial charge in [-0.1, -0.05) is 0 Å². The maximum atomic E-state index is 14.0. The van der Waals surface area contributed by atoms with E-state index in [9.17, 15) is 4.39 Å². The van der Waals surface area contributed by atoms with E-state index in [1.807, 2.05) is 13.1 Å². The summed E-state index contributed by atoms with van der Waals surface area (Å²) in [6, 6.07) is 5.16. The highest BCUT2D eigenvalue weighted by atomic mass is 19.1. The Hall–Kier alpha value is -1.97. The van der Waals surface area contributed by atoms with E-state index < -0.39 is 0 Å². The average molecular weight is 229 g/mol. The molecule has 17 heavy (non-hydrogen) atoms. The zero-order valence-electron chi connectivity index (χ0n) is 9.52. The second kappa shape index (κ2) is 3.80. The Bertz CT molecular complexity index is 554. The van der Waals surface area contributed by atoms with Gasteiger partial charge in [0.2, 0.25) is 0 Å². The minimum atomic E-state index is -0.188. The van der Waals surface area contributed by atoms with Crippen LogP contribution in [0.15, 0.2) is 30.6 Å². The Kier molecular flexibility index (Phi) is 2.28. The van der Waals surface area contributed by atoms with Crippen LogP contribution in [0.5, 0.6) is 0 Å². The highest BCUT2D eigenvalue weighted by Gasteiger charge is 2.22. The van der Waals surface area contributed by atoms with Gasteiger partial charge < -0.3 is 4.90 Å². The van der Waals surface area contributed by atoms with Crippen LogP contribution in [0.1, 0.15) is 5.56 Å². The molecule has 0 bridgehead atoms. The van der Waals surface area contributed by atoms with Gasteiger partial charge in [-0.15, -0.1) is 0 Å². The Balaban J connectivity index is 2.24. The third kappa shape index (κ3) is 1.56. The molecule has 0 aliphatic carbocycles. The quantitative estimate of drug-likeness (QED) is 0.751. The van der Waals surface area contributed by atoms with Crippen molar-refractivity contribution in [2.24, 2.45) is 0 Å². The molecular weight excluding hydrogens is 217 g/mol. The van der Waals surface area contributed by atoms with E-state index in [2.05, 4.69) is 15.1 Å². The fourth-order valence-electron chi connectivity index (χ4n) is 2.37. The first-order valence-electron chi connectivity index (χ1n) is 5.57. The topological polar surface area (TPSA) is 29.0 Å². The zero-order chi connectivity index (χ0) is 11.8. The van der Waals surface area contributed by atoms with Crippen molar-refractivity contribution in [1.82, 2.24) is 10.2 Å². The SMILES string of the molecule is CN1CCc2c1ccc(F)c2-c1ccnnc1. The number of fused-ring (bicyclic) bond motifs is 1. The van der Waals surface area contributed by atoms with Gasteiger partial charge in [0.1, 0.15) is 5.82 Å². The maximum absolute atomic E-state index is 14.0. The molecule has 0 radical (unpaired) electrons. The smallest absolute Gasteiger partial charge is 0.131 e. The van der Waals surface area contributed by atoms with Crippen molar-refractivity contribution in [3.05, 3.63) is 42.0 Å². The van der Waals surface area contributed by atoms with Crippen molar-refractivity contribution in [1.29, 1.82) is 0 Å². The predicted molar refractivity (Wildman–Crippen MR) is 64.4 cm³/mol. The standard InChI is InChI=1S/C13H12FN3/c1-17-7-5-10-12(17)3-2-11(14)13(10)9-4-6-15-16-8-9/h2-4,6,8H,5,7H2,1H3. The average Bonchev–Trinajstić information content (AvgIpc) is 2.72. The highest BCUT2D eigenvalue weighted by molar-refractivity contribution is 5.76. The molecule has 0 N–H and O–H groups in total. The van der Waals surface area contributed by atoms with Crippen LogP contribution in [0, 0.1) is 5.82 Å². The summed E-state index contributed by atoms with van der Waals surface area (Å²) >= 11 is 0. The van der Waals surface area contributed by atoms with Crippen LogP contribution in [0.4, 0.5) is 10.1 Å².